The standard InChI is InChI=1S/C23H27NO5/c1-2-14-7-9-15(10-8-14)11-17-12-16-5-3-4-6-18(16)24(17)23-22(28)21(27)20(26)19(13-25)29-23/h3-10,12,19-23,25-28H,2,11,13H2,1H3/t19-,20-,21+,22-,23-/m1/s1. The number of fused-ring (bicyclic) bond motifs is 1. The summed E-state index contributed by atoms with van der Waals surface area (Å²) in [6.07, 6.45) is -4.39. The lowest BCUT2D eigenvalue weighted by atomic mass is 9.98. The molecule has 0 saturated carbocycles. The maximum absolute atomic E-state index is 10.7. The number of benzene rings is 2. The molecular formula is C23H27NO5. The van der Waals surface area contributed by atoms with Gasteiger partial charge in [-0.15, -0.1) is 0 Å². The molecule has 4 N–H and O–H groups in total. The van der Waals surface area contributed by atoms with Gasteiger partial charge in [-0.3, -0.25) is 0 Å². The lowest BCUT2D eigenvalue weighted by Crippen LogP contribution is -2.56. The Morgan fingerprint density at radius 1 is 0.897 bits per heavy atom. The van der Waals surface area contributed by atoms with Crippen LogP contribution in [0, 0.1) is 0 Å². The van der Waals surface area contributed by atoms with Crippen LogP contribution in [0.4, 0.5) is 0 Å². The first-order valence-electron chi connectivity index (χ1n) is 10.0. The third-order valence-electron chi connectivity index (χ3n) is 5.77. The second kappa shape index (κ2) is 8.26. The van der Waals surface area contributed by atoms with Crippen LogP contribution in [0.5, 0.6) is 0 Å². The number of rotatable bonds is 5. The molecule has 154 valence electrons. The molecule has 6 heteroatoms. The van der Waals surface area contributed by atoms with Gasteiger partial charge in [0.25, 0.3) is 0 Å². The third kappa shape index (κ3) is 3.70. The largest absolute Gasteiger partial charge is 0.394 e. The van der Waals surface area contributed by atoms with E-state index < -0.39 is 37.3 Å². The Kier molecular flexibility index (Phi) is 5.72. The molecule has 1 aliphatic rings. The van der Waals surface area contributed by atoms with Crippen LogP contribution in [0.2, 0.25) is 0 Å². The molecule has 29 heavy (non-hydrogen) atoms. The molecule has 2 aromatic carbocycles. The molecule has 4 rings (SSSR count). The van der Waals surface area contributed by atoms with Crippen LogP contribution < -0.4 is 0 Å². The molecule has 0 bridgehead atoms. The number of aliphatic hydroxyl groups excluding tert-OH is 4. The lowest BCUT2D eigenvalue weighted by molar-refractivity contribution is -0.250. The van der Waals surface area contributed by atoms with E-state index in [0.29, 0.717) is 6.42 Å². The molecule has 1 fully saturated rings. The fraction of sp³-hybridized carbons (Fsp3) is 0.391. The van der Waals surface area contributed by atoms with Gasteiger partial charge in [0, 0.05) is 12.1 Å². The average molecular weight is 397 g/mol. The summed E-state index contributed by atoms with van der Waals surface area (Å²) in [5, 5.41) is 41.6. The Labute approximate surface area is 169 Å². The van der Waals surface area contributed by atoms with Crippen molar-refractivity contribution in [1.82, 2.24) is 4.57 Å². The van der Waals surface area contributed by atoms with Crippen molar-refractivity contribution in [2.24, 2.45) is 0 Å². The van der Waals surface area contributed by atoms with Gasteiger partial charge >= 0.3 is 0 Å². The van der Waals surface area contributed by atoms with Crippen LogP contribution in [0.1, 0.15) is 30.0 Å². The molecule has 5 atom stereocenters. The predicted molar refractivity (Wildman–Crippen MR) is 110 cm³/mol. The number of hydrogen-bond donors (Lipinski definition) is 4. The SMILES string of the molecule is CCc1ccc(Cc2cc3ccccc3n2[C@@H]2O[C@H](CO)[C@@H](O)[C@H](O)[C@H]2O)cc1. The highest BCUT2D eigenvalue weighted by Crippen LogP contribution is 2.34. The first-order valence-corrected chi connectivity index (χ1v) is 10.0. The third-order valence-corrected chi connectivity index (χ3v) is 5.77. The zero-order valence-electron chi connectivity index (χ0n) is 16.3. The smallest absolute Gasteiger partial charge is 0.163 e. The van der Waals surface area contributed by atoms with Crippen LogP contribution in [-0.4, -0.2) is 56.0 Å². The fourth-order valence-electron chi connectivity index (χ4n) is 4.07. The highest BCUT2D eigenvalue weighted by Gasteiger charge is 2.44. The number of para-hydroxylation sites is 1. The summed E-state index contributed by atoms with van der Waals surface area (Å²) in [5.74, 6) is 0. The molecule has 3 aromatic rings. The highest BCUT2D eigenvalue weighted by atomic mass is 16.6. The van der Waals surface area contributed by atoms with Crippen LogP contribution in [-0.2, 0) is 17.6 Å². The van der Waals surface area contributed by atoms with E-state index in [1.54, 1.807) is 0 Å². The summed E-state index contributed by atoms with van der Waals surface area (Å²) in [4.78, 5) is 0. The quantitative estimate of drug-likeness (QED) is 0.526. The molecule has 0 radical (unpaired) electrons. The van der Waals surface area contributed by atoms with Crippen molar-refractivity contribution in [2.75, 3.05) is 6.61 Å². The van der Waals surface area contributed by atoms with Gasteiger partial charge < -0.3 is 29.7 Å². The van der Waals surface area contributed by atoms with Crippen molar-refractivity contribution in [2.45, 2.75) is 50.4 Å². The van der Waals surface area contributed by atoms with E-state index in [2.05, 4.69) is 31.2 Å². The van der Waals surface area contributed by atoms with E-state index in [1.165, 1.54) is 5.56 Å². The summed E-state index contributed by atoms with van der Waals surface area (Å²) in [5.41, 5.74) is 4.16. The predicted octanol–water partition coefficient (Wildman–Crippen LogP) is 1.77. The number of ether oxygens (including phenoxy) is 1. The van der Waals surface area contributed by atoms with Crippen LogP contribution in [0.25, 0.3) is 10.9 Å². The Bertz CT molecular complexity index is 965. The van der Waals surface area contributed by atoms with Crippen molar-refractivity contribution in [3.05, 3.63) is 71.4 Å². The van der Waals surface area contributed by atoms with Gasteiger partial charge in [0.15, 0.2) is 6.23 Å². The summed E-state index contributed by atoms with van der Waals surface area (Å²) in [6.45, 7) is 1.67. The van der Waals surface area contributed by atoms with Gasteiger partial charge in [0.05, 0.1) is 12.1 Å². The zero-order chi connectivity index (χ0) is 20.5. The van der Waals surface area contributed by atoms with Crippen molar-refractivity contribution in [3.63, 3.8) is 0 Å². The van der Waals surface area contributed by atoms with Crippen LogP contribution >= 0.6 is 0 Å². The Morgan fingerprint density at radius 3 is 2.28 bits per heavy atom. The molecule has 1 saturated heterocycles. The molecule has 1 aliphatic heterocycles. The Balaban J connectivity index is 1.77. The van der Waals surface area contributed by atoms with Gasteiger partial charge in [0.2, 0.25) is 0 Å². The van der Waals surface area contributed by atoms with E-state index in [4.69, 9.17) is 4.74 Å². The second-order valence-corrected chi connectivity index (χ2v) is 7.63. The minimum Gasteiger partial charge on any atom is -0.394 e. The van der Waals surface area contributed by atoms with Crippen molar-refractivity contribution in [3.8, 4) is 0 Å². The normalized spacial score (nSPS) is 27.4. The second-order valence-electron chi connectivity index (χ2n) is 7.63. The van der Waals surface area contributed by atoms with Crippen molar-refractivity contribution >= 4 is 10.9 Å². The van der Waals surface area contributed by atoms with E-state index in [9.17, 15) is 20.4 Å². The number of aromatic nitrogens is 1. The lowest BCUT2D eigenvalue weighted by Gasteiger charge is -2.41. The van der Waals surface area contributed by atoms with Crippen molar-refractivity contribution in [1.29, 1.82) is 0 Å². The molecular weight excluding hydrogens is 370 g/mol. The summed E-state index contributed by atoms with van der Waals surface area (Å²) < 4.78 is 7.72. The summed E-state index contributed by atoms with van der Waals surface area (Å²) in [7, 11) is 0. The number of nitrogens with zero attached hydrogens (tertiary/aromatic N) is 1. The maximum atomic E-state index is 10.7. The Morgan fingerprint density at radius 2 is 1.59 bits per heavy atom. The van der Waals surface area contributed by atoms with E-state index in [-0.39, 0.29) is 0 Å². The maximum Gasteiger partial charge on any atom is 0.163 e. The molecule has 6 nitrogen and oxygen atoms in total. The molecule has 0 amide bonds. The van der Waals surface area contributed by atoms with Gasteiger partial charge in [-0.05, 0) is 35.1 Å². The fourth-order valence-corrected chi connectivity index (χ4v) is 4.07. The van der Waals surface area contributed by atoms with Crippen LogP contribution in [0.3, 0.4) is 0 Å². The zero-order valence-corrected chi connectivity index (χ0v) is 16.3. The van der Waals surface area contributed by atoms with E-state index in [0.717, 1.165) is 28.6 Å². The molecule has 0 spiro atoms. The van der Waals surface area contributed by atoms with E-state index in [1.807, 2.05) is 34.9 Å². The summed E-state index contributed by atoms with van der Waals surface area (Å²) >= 11 is 0. The average Bonchev–Trinajstić information content (AvgIpc) is 3.10. The van der Waals surface area contributed by atoms with E-state index >= 15 is 0 Å². The monoisotopic (exact) mass is 397 g/mol. The highest BCUT2D eigenvalue weighted by molar-refractivity contribution is 5.81. The molecule has 0 unspecified atom stereocenters. The van der Waals surface area contributed by atoms with Gasteiger partial charge in [-0.2, -0.15) is 0 Å². The van der Waals surface area contributed by atoms with Crippen molar-refractivity contribution < 1.29 is 25.2 Å². The van der Waals surface area contributed by atoms with Crippen LogP contribution in [0.15, 0.2) is 54.6 Å². The van der Waals surface area contributed by atoms with Gasteiger partial charge in [-0.25, -0.2) is 0 Å². The Hall–Kier alpha value is -2.22. The molecule has 1 aromatic heterocycles. The van der Waals surface area contributed by atoms with Gasteiger partial charge in [0.1, 0.15) is 24.4 Å². The molecule has 0 aliphatic carbocycles. The topological polar surface area (TPSA) is 95.1 Å². The minimum absolute atomic E-state index is 0.450. The molecule has 2 heterocycles. The minimum atomic E-state index is -1.41. The van der Waals surface area contributed by atoms with Gasteiger partial charge in [-0.1, -0.05) is 49.4 Å². The summed E-state index contributed by atoms with van der Waals surface area (Å²) in [6, 6.07) is 18.2. The number of aliphatic hydroxyl groups is 4. The number of hydrogen-bond acceptors (Lipinski definition) is 5. The first kappa shape index (κ1) is 20.1. The first-order chi connectivity index (χ1) is 14.0. The number of aryl methyl sites for hydroxylation is 1.